The number of nitrogens with zero attached hydrogens (tertiary/aromatic N) is 3. The van der Waals surface area contributed by atoms with Gasteiger partial charge in [-0.15, -0.1) is 0 Å². The second kappa shape index (κ2) is 3.96. The van der Waals surface area contributed by atoms with E-state index in [1.165, 1.54) is 0 Å². The van der Waals surface area contributed by atoms with Gasteiger partial charge in [-0.05, 0) is 31.2 Å². The molecule has 0 unspecified atom stereocenters. The van der Waals surface area contributed by atoms with Gasteiger partial charge in [-0.2, -0.15) is 0 Å². The van der Waals surface area contributed by atoms with Gasteiger partial charge in [0.2, 0.25) is 0 Å². The Bertz CT molecular complexity index is 158. The smallest absolute Gasteiger partial charge is 0.0380 e. The lowest BCUT2D eigenvalue weighted by atomic mass is 10.1. The van der Waals surface area contributed by atoms with E-state index in [0.29, 0.717) is 0 Å². The van der Waals surface area contributed by atoms with Crippen LogP contribution in [0.1, 0.15) is 25.7 Å². The van der Waals surface area contributed by atoms with E-state index >= 15 is 0 Å². The number of hydrogen-bond donors (Lipinski definition) is 0. The molecule has 3 nitrogen and oxygen atoms in total. The van der Waals surface area contributed by atoms with Crippen molar-refractivity contribution in [3.8, 4) is 0 Å². The van der Waals surface area contributed by atoms with Crippen molar-refractivity contribution >= 4 is 0 Å². The highest BCUT2D eigenvalue weighted by Crippen LogP contribution is 2.14. The van der Waals surface area contributed by atoms with E-state index in [9.17, 15) is 0 Å². The van der Waals surface area contributed by atoms with Crippen molar-refractivity contribution in [3.05, 3.63) is 22.6 Å². The summed E-state index contributed by atoms with van der Waals surface area (Å²) in [5, 5.41) is 3.68. The van der Waals surface area contributed by atoms with Crippen LogP contribution in [0.3, 0.4) is 0 Å². The average molecular weight is 137 g/mol. The number of rotatable bonds is 1. The van der Waals surface area contributed by atoms with Crippen LogP contribution in [0, 0.1) is 0 Å². The van der Waals surface area contributed by atoms with Gasteiger partial charge in [0.05, 0.1) is 0 Å². The zero-order valence-electron chi connectivity index (χ0n) is 5.90. The molecule has 0 saturated carbocycles. The van der Waals surface area contributed by atoms with Crippen LogP contribution < -0.4 is 0 Å². The van der Waals surface area contributed by atoms with Crippen molar-refractivity contribution in [2.24, 2.45) is 5.11 Å². The summed E-state index contributed by atoms with van der Waals surface area (Å²) in [7, 11) is 0. The maximum atomic E-state index is 8.15. The third kappa shape index (κ3) is 2.11. The van der Waals surface area contributed by atoms with Gasteiger partial charge in [0.1, 0.15) is 0 Å². The molecule has 0 fully saturated rings. The van der Waals surface area contributed by atoms with Crippen molar-refractivity contribution in [2.45, 2.75) is 31.7 Å². The zero-order valence-corrected chi connectivity index (χ0v) is 5.90. The van der Waals surface area contributed by atoms with Gasteiger partial charge in [-0.25, -0.2) is 0 Å². The monoisotopic (exact) mass is 137 g/mol. The largest absolute Gasteiger partial charge is 0.0906 e. The van der Waals surface area contributed by atoms with Crippen molar-refractivity contribution in [1.82, 2.24) is 0 Å². The van der Waals surface area contributed by atoms with Crippen LogP contribution >= 0.6 is 0 Å². The molecule has 0 atom stereocenters. The normalized spacial score (nSPS) is 19.6. The van der Waals surface area contributed by atoms with Gasteiger partial charge < -0.3 is 0 Å². The Kier molecular flexibility index (Phi) is 2.84. The first-order chi connectivity index (χ1) is 4.93. The SMILES string of the molecule is [N-]=[N+]=NC1CCC=CCC1. The van der Waals surface area contributed by atoms with Gasteiger partial charge >= 0.3 is 0 Å². The fourth-order valence-electron chi connectivity index (χ4n) is 1.15. The van der Waals surface area contributed by atoms with Gasteiger partial charge in [0.25, 0.3) is 0 Å². The van der Waals surface area contributed by atoms with E-state index in [1.54, 1.807) is 0 Å². The molecule has 0 N–H and O–H groups in total. The standard InChI is InChI=1S/C7H11N3/c8-10-9-7-5-3-1-2-4-6-7/h1-2,7H,3-6H2. The third-order valence-corrected chi connectivity index (χ3v) is 1.71. The van der Waals surface area contributed by atoms with Crippen LogP contribution in [-0.2, 0) is 0 Å². The molecule has 0 amide bonds. The number of hydrogen-bond acceptors (Lipinski definition) is 1. The summed E-state index contributed by atoms with van der Waals surface area (Å²) in [6, 6.07) is 0.236. The minimum absolute atomic E-state index is 0.236. The molecule has 0 saturated heterocycles. The van der Waals surface area contributed by atoms with E-state index < -0.39 is 0 Å². The van der Waals surface area contributed by atoms with Crippen LogP contribution in [0.2, 0.25) is 0 Å². The quantitative estimate of drug-likeness (QED) is 0.231. The summed E-state index contributed by atoms with van der Waals surface area (Å²) in [6.07, 6.45) is 8.47. The molecule has 54 valence electrons. The van der Waals surface area contributed by atoms with Crippen LogP contribution in [0.5, 0.6) is 0 Å². The van der Waals surface area contributed by atoms with Crippen molar-refractivity contribution in [3.63, 3.8) is 0 Å². The van der Waals surface area contributed by atoms with E-state index in [0.717, 1.165) is 25.7 Å². The molecule has 0 bridgehead atoms. The summed E-state index contributed by atoms with van der Waals surface area (Å²) in [4.78, 5) is 2.80. The van der Waals surface area contributed by atoms with E-state index in [2.05, 4.69) is 22.2 Å². The van der Waals surface area contributed by atoms with Crippen LogP contribution in [-0.4, -0.2) is 6.04 Å². The van der Waals surface area contributed by atoms with E-state index in [1.807, 2.05) is 0 Å². The zero-order chi connectivity index (χ0) is 7.23. The summed E-state index contributed by atoms with van der Waals surface area (Å²) in [5.41, 5.74) is 8.15. The maximum absolute atomic E-state index is 8.15. The van der Waals surface area contributed by atoms with Gasteiger partial charge in [0.15, 0.2) is 0 Å². The second-order valence-corrected chi connectivity index (χ2v) is 2.48. The molecular formula is C7H11N3. The lowest BCUT2D eigenvalue weighted by Crippen LogP contribution is -1.99. The maximum Gasteiger partial charge on any atom is 0.0380 e. The average Bonchev–Trinajstić information content (AvgIpc) is 2.17. The van der Waals surface area contributed by atoms with E-state index in [4.69, 9.17) is 5.53 Å². The Morgan fingerprint density at radius 1 is 1.30 bits per heavy atom. The first-order valence-electron chi connectivity index (χ1n) is 3.62. The highest BCUT2D eigenvalue weighted by molar-refractivity contribution is 4.88. The molecule has 1 aliphatic rings. The molecule has 0 radical (unpaired) electrons. The predicted octanol–water partition coefficient (Wildman–Crippen LogP) is 2.80. The Labute approximate surface area is 60.4 Å². The Morgan fingerprint density at radius 2 is 1.90 bits per heavy atom. The topological polar surface area (TPSA) is 48.8 Å². The summed E-state index contributed by atoms with van der Waals surface area (Å²) < 4.78 is 0. The molecule has 0 aromatic heterocycles. The Morgan fingerprint density at radius 3 is 2.40 bits per heavy atom. The molecule has 0 aromatic rings. The van der Waals surface area contributed by atoms with Gasteiger partial charge in [0, 0.05) is 11.0 Å². The minimum Gasteiger partial charge on any atom is -0.0906 e. The first kappa shape index (κ1) is 7.16. The lowest BCUT2D eigenvalue weighted by molar-refractivity contribution is 0.590. The highest BCUT2D eigenvalue weighted by atomic mass is 15.1. The molecule has 10 heavy (non-hydrogen) atoms. The molecular weight excluding hydrogens is 126 g/mol. The fraction of sp³-hybridized carbons (Fsp3) is 0.714. The summed E-state index contributed by atoms with van der Waals surface area (Å²) in [6.45, 7) is 0. The summed E-state index contributed by atoms with van der Waals surface area (Å²) >= 11 is 0. The predicted molar refractivity (Wildman–Crippen MR) is 40.5 cm³/mol. The van der Waals surface area contributed by atoms with Crippen LogP contribution in [0.25, 0.3) is 10.4 Å². The highest BCUT2D eigenvalue weighted by Gasteiger charge is 2.05. The third-order valence-electron chi connectivity index (χ3n) is 1.71. The fourth-order valence-corrected chi connectivity index (χ4v) is 1.15. The molecule has 1 aliphatic carbocycles. The molecule has 0 aromatic carbocycles. The number of allylic oxidation sites excluding steroid dienone is 2. The van der Waals surface area contributed by atoms with Crippen molar-refractivity contribution < 1.29 is 0 Å². The van der Waals surface area contributed by atoms with Crippen molar-refractivity contribution in [1.29, 1.82) is 0 Å². The molecule has 3 heteroatoms. The molecule has 0 aliphatic heterocycles. The van der Waals surface area contributed by atoms with Gasteiger partial charge in [-0.1, -0.05) is 17.3 Å². The number of azide groups is 1. The molecule has 0 heterocycles. The minimum atomic E-state index is 0.236. The lowest BCUT2D eigenvalue weighted by Gasteiger charge is -2.03. The van der Waals surface area contributed by atoms with Crippen molar-refractivity contribution in [2.75, 3.05) is 0 Å². The van der Waals surface area contributed by atoms with Crippen LogP contribution in [0.4, 0.5) is 0 Å². The van der Waals surface area contributed by atoms with Crippen LogP contribution in [0.15, 0.2) is 17.3 Å². The first-order valence-corrected chi connectivity index (χ1v) is 3.62. The molecule has 0 spiro atoms. The Balaban J connectivity index is 2.40. The van der Waals surface area contributed by atoms with E-state index in [-0.39, 0.29) is 6.04 Å². The van der Waals surface area contributed by atoms with Gasteiger partial charge in [-0.3, -0.25) is 0 Å². The Hall–Kier alpha value is -0.950. The summed E-state index contributed by atoms with van der Waals surface area (Å²) in [5.74, 6) is 0. The molecule has 1 rings (SSSR count). The second-order valence-electron chi connectivity index (χ2n) is 2.48.